The van der Waals surface area contributed by atoms with Gasteiger partial charge in [0, 0.05) is 25.1 Å². The number of pyridine rings is 1. The molecule has 1 saturated carbocycles. The second kappa shape index (κ2) is 13.5. The highest BCUT2D eigenvalue weighted by Crippen LogP contribution is 2.36. The number of nitrogens with one attached hydrogen (secondary N) is 2. The molecule has 0 bridgehead atoms. The second-order valence-electron chi connectivity index (χ2n) is 9.50. The number of hydrogen-bond donors (Lipinski definition) is 2. The van der Waals surface area contributed by atoms with Gasteiger partial charge in [-0.25, -0.2) is 9.37 Å². The molecule has 0 aliphatic heterocycles. The third-order valence-electron chi connectivity index (χ3n) is 6.73. The Labute approximate surface area is 227 Å². The van der Waals surface area contributed by atoms with E-state index in [1.807, 2.05) is 0 Å². The van der Waals surface area contributed by atoms with E-state index < -0.39 is 11.9 Å². The number of aromatic nitrogens is 1. The van der Waals surface area contributed by atoms with Gasteiger partial charge in [0.1, 0.15) is 23.4 Å². The average molecular weight is 533 g/mol. The van der Waals surface area contributed by atoms with Crippen LogP contribution in [0.1, 0.15) is 56.6 Å². The fraction of sp³-hybridized carbons (Fsp3) is 0.333. The molecular formula is C30H33FN4O4. The molecule has 2 aromatic carbocycles. The molecule has 8 nitrogen and oxygen atoms in total. The lowest BCUT2D eigenvalue weighted by molar-refractivity contribution is -0.127. The summed E-state index contributed by atoms with van der Waals surface area (Å²) in [6.45, 7) is 0. The molecule has 0 radical (unpaired) electrons. The van der Waals surface area contributed by atoms with Gasteiger partial charge in [0.05, 0.1) is 12.8 Å². The Balaban J connectivity index is 1.60. The van der Waals surface area contributed by atoms with Crippen LogP contribution in [0.4, 0.5) is 15.9 Å². The van der Waals surface area contributed by atoms with Crippen molar-refractivity contribution in [3.05, 3.63) is 84.3 Å². The minimum Gasteiger partial charge on any atom is -0.495 e. The van der Waals surface area contributed by atoms with Crippen LogP contribution in [0.25, 0.3) is 0 Å². The van der Waals surface area contributed by atoms with Crippen molar-refractivity contribution in [2.45, 2.75) is 57.0 Å². The molecule has 1 aromatic heterocycles. The molecular weight excluding hydrogens is 499 g/mol. The number of benzene rings is 2. The molecule has 204 valence electrons. The van der Waals surface area contributed by atoms with Crippen LogP contribution in [0, 0.1) is 5.82 Å². The molecule has 1 heterocycles. The van der Waals surface area contributed by atoms with Crippen LogP contribution in [0.15, 0.2) is 72.9 Å². The molecule has 0 spiro atoms. The summed E-state index contributed by atoms with van der Waals surface area (Å²) in [6.07, 6.45) is 5.73. The van der Waals surface area contributed by atoms with Crippen molar-refractivity contribution < 1.29 is 23.5 Å². The Morgan fingerprint density at radius 2 is 1.72 bits per heavy atom. The van der Waals surface area contributed by atoms with Crippen LogP contribution >= 0.6 is 0 Å². The maximum Gasteiger partial charge on any atom is 0.248 e. The number of hydrogen-bond acceptors (Lipinski definition) is 5. The molecule has 1 aliphatic carbocycles. The molecule has 4 rings (SSSR count). The second-order valence-corrected chi connectivity index (χ2v) is 9.50. The van der Waals surface area contributed by atoms with Gasteiger partial charge in [-0.3, -0.25) is 19.3 Å². The maximum atomic E-state index is 13.8. The standard InChI is InChI=1S/C30H33FN4O4/c1-39-25-12-5-4-11-24(25)35(28(37)15-8-14-27(36)34-26-13-6-7-20-32-26)29(21-16-18-22(31)19-17-21)30(38)33-23-9-2-3-10-23/h4-7,11-13,16-20,23,29H,2-3,8-10,14-15H2,1H3,(H,33,38)(H,32,34,36)/t29-/m1/s1. The van der Waals surface area contributed by atoms with E-state index in [1.165, 1.54) is 36.3 Å². The van der Waals surface area contributed by atoms with Crippen LogP contribution in [0.5, 0.6) is 5.75 Å². The number of amides is 3. The van der Waals surface area contributed by atoms with Crippen LogP contribution in [-0.4, -0.2) is 35.9 Å². The number of nitrogens with zero attached hydrogens (tertiary/aromatic N) is 2. The first-order chi connectivity index (χ1) is 19.0. The van der Waals surface area contributed by atoms with Gasteiger partial charge in [0.2, 0.25) is 17.7 Å². The van der Waals surface area contributed by atoms with Gasteiger partial charge >= 0.3 is 0 Å². The van der Waals surface area contributed by atoms with Crippen molar-refractivity contribution >= 4 is 29.2 Å². The number of carbonyl (C=O) groups is 3. The summed E-state index contributed by atoms with van der Waals surface area (Å²) in [7, 11) is 1.49. The number of ether oxygens (including phenoxy) is 1. The maximum absolute atomic E-state index is 13.8. The van der Waals surface area contributed by atoms with E-state index in [4.69, 9.17) is 4.74 Å². The summed E-state index contributed by atoms with van der Waals surface area (Å²) >= 11 is 0. The van der Waals surface area contributed by atoms with Crippen molar-refractivity contribution in [2.75, 3.05) is 17.3 Å². The van der Waals surface area contributed by atoms with Crippen molar-refractivity contribution in [1.29, 1.82) is 0 Å². The monoisotopic (exact) mass is 532 g/mol. The van der Waals surface area contributed by atoms with Crippen molar-refractivity contribution in [2.24, 2.45) is 0 Å². The minimum atomic E-state index is -1.06. The molecule has 1 aliphatic rings. The molecule has 1 atom stereocenters. The normalized spacial score (nSPS) is 13.9. The van der Waals surface area contributed by atoms with Gasteiger partial charge < -0.3 is 15.4 Å². The van der Waals surface area contributed by atoms with E-state index >= 15 is 0 Å². The average Bonchev–Trinajstić information content (AvgIpc) is 3.46. The Morgan fingerprint density at radius 1 is 1.00 bits per heavy atom. The lowest BCUT2D eigenvalue weighted by Crippen LogP contribution is -2.46. The summed E-state index contributed by atoms with van der Waals surface area (Å²) in [4.78, 5) is 45.5. The summed E-state index contributed by atoms with van der Waals surface area (Å²) in [5.41, 5.74) is 0.887. The zero-order chi connectivity index (χ0) is 27.6. The number of para-hydroxylation sites is 2. The third kappa shape index (κ3) is 7.40. The molecule has 1 fully saturated rings. The number of rotatable bonds is 11. The highest BCUT2D eigenvalue weighted by Gasteiger charge is 2.35. The lowest BCUT2D eigenvalue weighted by atomic mass is 10.0. The molecule has 2 N–H and O–H groups in total. The van der Waals surface area contributed by atoms with Crippen LogP contribution in [0.3, 0.4) is 0 Å². The van der Waals surface area contributed by atoms with Crippen LogP contribution in [0.2, 0.25) is 0 Å². The predicted molar refractivity (Wildman–Crippen MR) is 147 cm³/mol. The van der Waals surface area contributed by atoms with Crippen molar-refractivity contribution in [3.63, 3.8) is 0 Å². The van der Waals surface area contributed by atoms with Gasteiger partial charge in [-0.05, 0) is 61.2 Å². The van der Waals surface area contributed by atoms with Gasteiger partial charge in [0.25, 0.3) is 0 Å². The van der Waals surface area contributed by atoms with Crippen LogP contribution < -0.4 is 20.3 Å². The Hall–Kier alpha value is -4.27. The van der Waals surface area contributed by atoms with E-state index in [2.05, 4.69) is 15.6 Å². The largest absolute Gasteiger partial charge is 0.495 e. The van der Waals surface area contributed by atoms with E-state index in [0.717, 1.165) is 25.7 Å². The first-order valence-electron chi connectivity index (χ1n) is 13.2. The molecule has 3 aromatic rings. The van der Waals surface area contributed by atoms with Gasteiger partial charge in [0.15, 0.2) is 0 Å². The fourth-order valence-electron chi connectivity index (χ4n) is 4.82. The highest BCUT2D eigenvalue weighted by atomic mass is 19.1. The highest BCUT2D eigenvalue weighted by molar-refractivity contribution is 6.02. The minimum absolute atomic E-state index is 0.00207. The number of halogens is 1. The van der Waals surface area contributed by atoms with E-state index in [0.29, 0.717) is 22.8 Å². The molecule has 3 amide bonds. The van der Waals surface area contributed by atoms with Gasteiger partial charge in [-0.1, -0.05) is 43.2 Å². The topological polar surface area (TPSA) is 101 Å². The molecule has 0 unspecified atom stereocenters. The molecule has 9 heteroatoms. The smallest absolute Gasteiger partial charge is 0.248 e. The van der Waals surface area contributed by atoms with Crippen molar-refractivity contribution in [3.8, 4) is 5.75 Å². The number of carbonyl (C=O) groups excluding carboxylic acids is 3. The molecule has 39 heavy (non-hydrogen) atoms. The van der Waals surface area contributed by atoms with Crippen LogP contribution in [-0.2, 0) is 14.4 Å². The quantitative estimate of drug-likeness (QED) is 0.355. The predicted octanol–water partition coefficient (Wildman–Crippen LogP) is 5.17. The Kier molecular flexibility index (Phi) is 9.61. The summed E-state index contributed by atoms with van der Waals surface area (Å²) in [5.74, 6) is -0.562. The zero-order valence-electron chi connectivity index (χ0n) is 21.9. The lowest BCUT2D eigenvalue weighted by Gasteiger charge is -2.33. The number of methoxy groups -OCH3 is 1. The van der Waals surface area contributed by atoms with E-state index in [-0.39, 0.29) is 43.0 Å². The summed E-state index contributed by atoms with van der Waals surface area (Å²) in [5, 5.41) is 5.81. The van der Waals surface area contributed by atoms with Gasteiger partial charge in [-0.15, -0.1) is 0 Å². The molecule has 0 saturated heterocycles. The summed E-state index contributed by atoms with van der Waals surface area (Å²) in [6, 6.07) is 16.7. The fourth-order valence-corrected chi connectivity index (χ4v) is 4.82. The van der Waals surface area contributed by atoms with Crippen molar-refractivity contribution in [1.82, 2.24) is 10.3 Å². The van der Waals surface area contributed by atoms with E-state index in [1.54, 1.807) is 48.7 Å². The SMILES string of the molecule is COc1ccccc1N(C(=O)CCCC(=O)Nc1ccccn1)[C@@H](C(=O)NC1CCCC1)c1ccc(F)cc1. The first-order valence-corrected chi connectivity index (χ1v) is 13.2. The first kappa shape index (κ1) is 27.8. The van der Waals surface area contributed by atoms with Gasteiger partial charge in [-0.2, -0.15) is 0 Å². The Morgan fingerprint density at radius 3 is 2.41 bits per heavy atom. The van der Waals surface area contributed by atoms with E-state index in [9.17, 15) is 18.8 Å². The summed E-state index contributed by atoms with van der Waals surface area (Å²) < 4.78 is 19.4. The number of anilines is 2. The Bertz CT molecular complexity index is 1260. The third-order valence-corrected chi connectivity index (χ3v) is 6.73. The zero-order valence-corrected chi connectivity index (χ0v) is 21.9.